The van der Waals surface area contributed by atoms with E-state index >= 15 is 0 Å². The third kappa shape index (κ3) is 3.65. The molecule has 0 aliphatic rings. The minimum Gasteiger partial charge on any atom is -0.490 e. The van der Waals surface area contributed by atoms with Crippen LogP contribution in [-0.4, -0.2) is 20.2 Å². The molecule has 0 saturated heterocycles. The molecule has 0 unspecified atom stereocenters. The summed E-state index contributed by atoms with van der Waals surface area (Å²) in [5.74, 6) is 0.118. The summed E-state index contributed by atoms with van der Waals surface area (Å²) in [5.41, 5.74) is 0. The fraction of sp³-hybridized carbons (Fsp3) is 0.625. The van der Waals surface area contributed by atoms with Crippen molar-refractivity contribution >= 4 is 5.97 Å². The average Bonchev–Trinajstić information content (AvgIpc) is 1.98. The van der Waals surface area contributed by atoms with Gasteiger partial charge in [-0.1, -0.05) is 13.8 Å². The molecule has 11 heavy (non-hydrogen) atoms. The minimum atomic E-state index is -0.429. The van der Waals surface area contributed by atoms with Crippen molar-refractivity contribution in [3.63, 3.8) is 0 Å². The van der Waals surface area contributed by atoms with Crippen LogP contribution in [0.5, 0.6) is 0 Å². The van der Waals surface area contributed by atoms with Gasteiger partial charge in [0.25, 0.3) is 0 Å². The van der Waals surface area contributed by atoms with E-state index in [0.717, 1.165) is 0 Å². The Hall–Kier alpha value is -0.990. The molecule has 0 bridgehead atoms. The zero-order chi connectivity index (χ0) is 8.85. The van der Waals surface area contributed by atoms with Crippen molar-refractivity contribution < 1.29 is 14.3 Å². The maximum absolute atomic E-state index is 10.9. The molecule has 0 saturated carbocycles. The largest absolute Gasteiger partial charge is 0.490 e. The van der Waals surface area contributed by atoms with Crippen LogP contribution >= 0.6 is 0 Å². The van der Waals surface area contributed by atoms with Crippen LogP contribution in [0.15, 0.2) is 11.8 Å². The van der Waals surface area contributed by atoms with E-state index in [-0.39, 0.29) is 11.7 Å². The summed E-state index contributed by atoms with van der Waals surface area (Å²) >= 11 is 0. The Morgan fingerprint density at radius 2 is 1.82 bits per heavy atom. The number of carbonyl (C=O) groups is 1. The molecule has 0 aromatic heterocycles. The van der Waals surface area contributed by atoms with E-state index in [9.17, 15) is 4.79 Å². The molecule has 0 spiro atoms. The summed E-state index contributed by atoms with van der Waals surface area (Å²) in [7, 11) is 2.78. The van der Waals surface area contributed by atoms with Crippen LogP contribution in [0, 0.1) is 5.92 Å². The van der Waals surface area contributed by atoms with Gasteiger partial charge < -0.3 is 9.47 Å². The van der Waals surface area contributed by atoms with Crippen LogP contribution < -0.4 is 0 Å². The number of esters is 1. The van der Waals surface area contributed by atoms with E-state index in [1.165, 1.54) is 14.2 Å². The van der Waals surface area contributed by atoms with Gasteiger partial charge >= 0.3 is 5.97 Å². The standard InChI is InChI=1S/C8H14O3/c1-6(2)5-7(10-3)8(9)11-4/h5-6H,1-4H3. The summed E-state index contributed by atoms with van der Waals surface area (Å²) < 4.78 is 9.27. The molecule has 3 heteroatoms. The van der Waals surface area contributed by atoms with Crippen molar-refractivity contribution in [2.75, 3.05) is 14.2 Å². The number of hydrogen-bond donors (Lipinski definition) is 0. The Labute approximate surface area is 67.0 Å². The fourth-order valence-corrected chi connectivity index (χ4v) is 0.623. The lowest BCUT2D eigenvalue weighted by Gasteiger charge is -2.04. The van der Waals surface area contributed by atoms with Crippen LogP contribution in [0.4, 0.5) is 0 Å². The maximum Gasteiger partial charge on any atom is 0.372 e. The zero-order valence-corrected chi connectivity index (χ0v) is 7.38. The van der Waals surface area contributed by atoms with Crippen molar-refractivity contribution in [3.8, 4) is 0 Å². The van der Waals surface area contributed by atoms with Gasteiger partial charge in [0.05, 0.1) is 14.2 Å². The van der Waals surface area contributed by atoms with Gasteiger partial charge in [0.1, 0.15) is 0 Å². The highest BCUT2D eigenvalue weighted by atomic mass is 16.6. The van der Waals surface area contributed by atoms with E-state index in [1.807, 2.05) is 13.8 Å². The van der Waals surface area contributed by atoms with E-state index < -0.39 is 5.97 Å². The van der Waals surface area contributed by atoms with Crippen molar-refractivity contribution in [1.82, 2.24) is 0 Å². The second-order valence-electron chi connectivity index (χ2n) is 2.47. The normalized spacial score (nSPS) is 11.5. The van der Waals surface area contributed by atoms with Gasteiger partial charge in [-0.15, -0.1) is 0 Å². The predicted molar refractivity (Wildman–Crippen MR) is 41.9 cm³/mol. The van der Waals surface area contributed by atoms with Crippen molar-refractivity contribution in [2.24, 2.45) is 5.92 Å². The second-order valence-corrected chi connectivity index (χ2v) is 2.47. The van der Waals surface area contributed by atoms with Gasteiger partial charge in [-0.3, -0.25) is 0 Å². The maximum atomic E-state index is 10.9. The first-order chi connectivity index (χ1) is 5.11. The van der Waals surface area contributed by atoms with Crippen molar-refractivity contribution in [1.29, 1.82) is 0 Å². The van der Waals surface area contributed by atoms with Gasteiger partial charge in [-0.05, 0) is 12.0 Å². The molecule has 0 rings (SSSR count). The van der Waals surface area contributed by atoms with Crippen LogP contribution in [0.3, 0.4) is 0 Å². The molecule has 0 aliphatic carbocycles. The van der Waals surface area contributed by atoms with Crippen molar-refractivity contribution in [3.05, 3.63) is 11.8 Å². The van der Waals surface area contributed by atoms with Gasteiger partial charge in [-0.25, -0.2) is 4.79 Å². The summed E-state index contributed by atoms with van der Waals surface area (Å²) in [6.45, 7) is 3.92. The number of hydrogen-bond acceptors (Lipinski definition) is 3. The summed E-state index contributed by atoms with van der Waals surface area (Å²) in [6, 6.07) is 0. The first kappa shape index (κ1) is 10.0. The number of allylic oxidation sites excluding steroid dienone is 1. The molecule has 0 amide bonds. The minimum absolute atomic E-state index is 0.266. The highest BCUT2D eigenvalue weighted by Gasteiger charge is 2.08. The molecule has 0 heterocycles. The first-order valence-corrected chi connectivity index (χ1v) is 3.46. The number of ether oxygens (including phenoxy) is 2. The third-order valence-corrected chi connectivity index (χ3v) is 1.09. The van der Waals surface area contributed by atoms with Gasteiger partial charge in [-0.2, -0.15) is 0 Å². The molecule has 0 atom stereocenters. The molecule has 3 nitrogen and oxygen atoms in total. The Morgan fingerprint density at radius 1 is 1.27 bits per heavy atom. The quantitative estimate of drug-likeness (QED) is 0.353. The smallest absolute Gasteiger partial charge is 0.372 e. The second kappa shape index (κ2) is 4.77. The molecular weight excluding hydrogens is 144 g/mol. The Balaban J connectivity index is 4.27. The number of methoxy groups -OCH3 is 2. The lowest BCUT2D eigenvalue weighted by Crippen LogP contribution is -2.07. The molecule has 64 valence electrons. The molecule has 0 N–H and O–H groups in total. The molecule has 0 aromatic rings. The highest BCUT2D eigenvalue weighted by Crippen LogP contribution is 2.04. The number of carbonyl (C=O) groups excluding carboxylic acids is 1. The molecule has 0 fully saturated rings. The summed E-state index contributed by atoms with van der Waals surface area (Å²) in [6.07, 6.45) is 1.71. The predicted octanol–water partition coefficient (Wildman–Crippen LogP) is 1.35. The highest BCUT2D eigenvalue weighted by molar-refractivity contribution is 5.86. The zero-order valence-electron chi connectivity index (χ0n) is 7.38. The van der Waals surface area contributed by atoms with Gasteiger partial charge in [0, 0.05) is 0 Å². The fourth-order valence-electron chi connectivity index (χ4n) is 0.623. The monoisotopic (exact) mass is 158 g/mol. The Kier molecular flexibility index (Phi) is 4.34. The molecular formula is C8H14O3. The summed E-state index contributed by atoms with van der Waals surface area (Å²) in [5, 5.41) is 0. The Bertz CT molecular complexity index is 159. The summed E-state index contributed by atoms with van der Waals surface area (Å²) in [4.78, 5) is 10.9. The van der Waals surface area contributed by atoms with Gasteiger partial charge in [0.2, 0.25) is 5.76 Å². The van der Waals surface area contributed by atoms with E-state index in [0.29, 0.717) is 0 Å². The third-order valence-electron chi connectivity index (χ3n) is 1.09. The van der Waals surface area contributed by atoms with Gasteiger partial charge in [0.15, 0.2) is 0 Å². The van der Waals surface area contributed by atoms with E-state index in [2.05, 4.69) is 4.74 Å². The SMILES string of the molecule is COC(=O)C(=CC(C)C)OC. The molecule has 0 aromatic carbocycles. The Morgan fingerprint density at radius 3 is 2.09 bits per heavy atom. The molecule has 0 aliphatic heterocycles. The lowest BCUT2D eigenvalue weighted by atomic mass is 10.2. The lowest BCUT2D eigenvalue weighted by molar-refractivity contribution is -0.139. The number of rotatable bonds is 3. The average molecular weight is 158 g/mol. The van der Waals surface area contributed by atoms with Crippen LogP contribution in [0.1, 0.15) is 13.8 Å². The van der Waals surface area contributed by atoms with E-state index in [1.54, 1.807) is 6.08 Å². The topological polar surface area (TPSA) is 35.5 Å². The van der Waals surface area contributed by atoms with E-state index in [4.69, 9.17) is 4.74 Å². The van der Waals surface area contributed by atoms with Crippen LogP contribution in [0.25, 0.3) is 0 Å². The molecule has 0 radical (unpaired) electrons. The van der Waals surface area contributed by atoms with Crippen molar-refractivity contribution in [2.45, 2.75) is 13.8 Å². The van der Waals surface area contributed by atoms with Crippen LogP contribution in [0.2, 0.25) is 0 Å². The first-order valence-electron chi connectivity index (χ1n) is 3.46. The van der Waals surface area contributed by atoms with Crippen LogP contribution in [-0.2, 0) is 14.3 Å².